The maximum atomic E-state index is 13.2. The van der Waals surface area contributed by atoms with Crippen molar-refractivity contribution in [3.63, 3.8) is 0 Å². The molecule has 1 aliphatic heterocycles. The number of carbonyl (C=O) groups is 1. The second-order valence-electron chi connectivity index (χ2n) is 5.68. The van der Waals surface area contributed by atoms with Crippen molar-refractivity contribution in [1.29, 1.82) is 0 Å². The molecule has 0 aliphatic carbocycles. The zero-order valence-corrected chi connectivity index (χ0v) is 15.8. The Labute approximate surface area is 160 Å². The Morgan fingerprint density at radius 2 is 1.76 bits per heavy atom. The third kappa shape index (κ3) is 4.60. The lowest BCUT2D eigenvalue weighted by Crippen LogP contribution is -2.49. The number of halogens is 3. The lowest BCUT2D eigenvalue weighted by molar-refractivity contribution is -0.128. The molecule has 1 fully saturated rings. The summed E-state index contributed by atoms with van der Waals surface area (Å²) in [6.07, 6.45) is 0. The van der Waals surface area contributed by atoms with Gasteiger partial charge in [-0.2, -0.15) is 0 Å². The van der Waals surface area contributed by atoms with E-state index in [1.165, 1.54) is 17.8 Å². The van der Waals surface area contributed by atoms with Crippen molar-refractivity contribution in [3.05, 3.63) is 58.3 Å². The number of hydrogen-bond acceptors (Lipinski definition) is 3. The van der Waals surface area contributed by atoms with Gasteiger partial charge in [0.05, 0.1) is 21.5 Å². The molecule has 0 bridgehead atoms. The van der Waals surface area contributed by atoms with Crippen LogP contribution in [0.25, 0.3) is 0 Å². The second-order valence-corrected chi connectivity index (χ2v) is 7.55. The molecular formula is C18H17Cl2FN2OS. The number of para-hydroxylation sites is 1. The molecule has 1 heterocycles. The van der Waals surface area contributed by atoms with Crippen molar-refractivity contribution in [1.82, 2.24) is 4.90 Å². The summed E-state index contributed by atoms with van der Waals surface area (Å²) >= 11 is 13.4. The minimum absolute atomic E-state index is 0.0734. The summed E-state index contributed by atoms with van der Waals surface area (Å²) in [5, 5.41) is 0.803. The van der Waals surface area contributed by atoms with Gasteiger partial charge in [0.15, 0.2) is 0 Å². The summed E-state index contributed by atoms with van der Waals surface area (Å²) in [7, 11) is 0. The van der Waals surface area contributed by atoms with E-state index < -0.39 is 5.82 Å². The van der Waals surface area contributed by atoms with Crippen LogP contribution in [0.4, 0.5) is 10.1 Å². The maximum absolute atomic E-state index is 13.2. The molecule has 3 nitrogen and oxygen atoms in total. The van der Waals surface area contributed by atoms with Gasteiger partial charge in [0.2, 0.25) is 5.91 Å². The van der Waals surface area contributed by atoms with Gasteiger partial charge in [-0.05, 0) is 30.3 Å². The number of rotatable bonds is 4. The van der Waals surface area contributed by atoms with Crippen LogP contribution in [0.1, 0.15) is 0 Å². The smallest absolute Gasteiger partial charge is 0.233 e. The summed E-state index contributed by atoms with van der Waals surface area (Å²) in [5.41, 5.74) is 1.01. The summed E-state index contributed by atoms with van der Waals surface area (Å²) in [4.78, 5) is 17.2. The highest BCUT2D eigenvalue weighted by atomic mass is 35.5. The minimum atomic E-state index is -0.451. The highest BCUT2D eigenvalue weighted by Crippen LogP contribution is 2.27. The normalized spacial score (nSPS) is 14.7. The molecule has 2 aromatic carbocycles. The molecule has 132 valence electrons. The molecule has 7 heteroatoms. The topological polar surface area (TPSA) is 23.6 Å². The Bertz CT molecular complexity index is 766. The molecule has 0 atom stereocenters. The Balaban J connectivity index is 1.51. The van der Waals surface area contributed by atoms with E-state index in [0.29, 0.717) is 18.8 Å². The van der Waals surface area contributed by atoms with E-state index in [1.54, 1.807) is 12.1 Å². The average molecular weight is 399 g/mol. The number of nitrogens with zero attached hydrogens (tertiary/aromatic N) is 2. The van der Waals surface area contributed by atoms with Crippen LogP contribution in [0.3, 0.4) is 0 Å². The summed E-state index contributed by atoms with van der Waals surface area (Å²) in [6, 6.07) is 12.2. The Hall–Kier alpha value is -1.43. The van der Waals surface area contributed by atoms with Crippen LogP contribution in [0.5, 0.6) is 0 Å². The lowest BCUT2D eigenvalue weighted by atomic mass is 10.2. The predicted molar refractivity (Wildman–Crippen MR) is 102 cm³/mol. The maximum Gasteiger partial charge on any atom is 0.233 e. The monoisotopic (exact) mass is 398 g/mol. The first kappa shape index (κ1) is 18.4. The number of anilines is 1. The van der Waals surface area contributed by atoms with Crippen molar-refractivity contribution < 1.29 is 9.18 Å². The van der Waals surface area contributed by atoms with Gasteiger partial charge in [-0.1, -0.05) is 35.3 Å². The van der Waals surface area contributed by atoms with Crippen molar-refractivity contribution >= 4 is 46.6 Å². The van der Waals surface area contributed by atoms with Crippen LogP contribution in [-0.4, -0.2) is 42.7 Å². The molecule has 1 aliphatic rings. The van der Waals surface area contributed by atoms with Gasteiger partial charge < -0.3 is 9.80 Å². The fourth-order valence-electron chi connectivity index (χ4n) is 2.71. The minimum Gasteiger partial charge on any atom is -0.367 e. The quantitative estimate of drug-likeness (QED) is 0.704. The van der Waals surface area contributed by atoms with E-state index >= 15 is 0 Å². The molecule has 0 aromatic heterocycles. The van der Waals surface area contributed by atoms with E-state index in [2.05, 4.69) is 4.90 Å². The Kier molecular flexibility index (Phi) is 6.10. The second kappa shape index (κ2) is 8.30. The van der Waals surface area contributed by atoms with Crippen LogP contribution in [-0.2, 0) is 4.79 Å². The SMILES string of the molecule is O=C(CSc1ccc(F)c(Cl)c1)N1CCN(c2ccccc2Cl)CC1. The van der Waals surface area contributed by atoms with Crippen LogP contribution < -0.4 is 4.90 Å². The highest BCUT2D eigenvalue weighted by Gasteiger charge is 2.22. The van der Waals surface area contributed by atoms with Crippen LogP contribution >= 0.6 is 35.0 Å². The Morgan fingerprint density at radius 1 is 1.04 bits per heavy atom. The number of amides is 1. The molecule has 25 heavy (non-hydrogen) atoms. The third-order valence-electron chi connectivity index (χ3n) is 4.08. The van der Waals surface area contributed by atoms with Crippen molar-refractivity contribution in [2.45, 2.75) is 4.90 Å². The van der Waals surface area contributed by atoms with Gasteiger partial charge in [-0.15, -0.1) is 11.8 Å². The first-order valence-electron chi connectivity index (χ1n) is 7.89. The number of thioether (sulfide) groups is 1. The summed E-state index contributed by atoms with van der Waals surface area (Å²) in [6.45, 7) is 2.83. The van der Waals surface area contributed by atoms with Crippen LogP contribution in [0.2, 0.25) is 10.0 Å². The average Bonchev–Trinajstić information content (AvgIpc) is 2.63. The fraction of sp³-hybridized carbons (Fsp3) is 0.278. The van der Waals surface area contributed by atoms with Crippen LogP contribution in [0.15, 0.2) is 47.4 Å². The van der Waals surface area contributed by atoms with Crippen molar-refractivity contribution in [2.75, 3.05) is 36.8 Å². The van der Waals surface area contributed by atoms with Gasteiger partial charge >= 0.3 is 0 Å². The fourth-order valence-corrected chi connectivity index (χ4v) is 4.05. The molecule has 0 saturated carbocycles. The van der Waals surface area contributed by atoms with Gasteiger partial charge in [-0.3, -0.25) is 4.79 Å². The van der Waals surface area contributed by atoms with E-state index in [4.69, 9.17) is 23.2 Å². The zero-order chi connectivity index (χ0) is 17.8. The molecule has 0 spiro atoms. The molecule has 0 radical (unpaired) electrons. The van der Waals surface area contributed by atoms with Crippen molar-refractivity contribution in [2.24, 2.45) is 0 Å². The lowest BCUT2D eigenvalue weighted by Gasteiger charge is -2.36. The van der Waals surface area contributed by atoms with E-state index in [1.807, 2.05) is 29.2 Å². The van der Waals surface area contributed by atoms with Crippen LogP contribution in [0, 0.1) is 5.82 Å². The predicted octanol–water partition coefficient (Wildman–Crippen LogP) is 4.57. The van der Waals surface area contributed by atoms with Crippen molar-refractivity contribution in [3.8, 4) is 0 Å². The standard InChI is InChI=1S/C18H17Cl2FN2OS/c19-14-3-1-2-4-17(14)22-7-9-23(10-8-22)18(24)12-25-13-5-6-16(21)15(20)11-13/h1-6,11H,7-10,12H2. The van der Waals surface area contributed by atoms with Gasteiger partial charge in [0.25, 0.3) is 0 Å². The van der Waals surface area contributed by atoms with E-state index in [-0.39, 0.29) is 10.9 Å². The third-order valence-corrected chi connectivity index (χ3v) is 5.67. The van der Waals surface area contributed by atoms with E-state index in [0.717, 1.165) is 28.7 Å². The summed E-state index contributed by atoms with van der Waals surface area (Å²) < 4.78 is 13.2. The summed E-state index contributed by atoms with van der Waals surface area (Å²) in [5.74, 6) is -0.0640. The number of piperazine rings is 1. The number of carbonyl (C=O) groups excluding carboxylic acids is 1. The molecule has 1 saturated heterocycles. The highest BCUT2D eigenvalue weighted by molar-refractivity contribution is 8.00. The molecular weight excluding hydrogens is 382 g/mol. The molecule has 1 amide bonds. The molecule has 3 rings (SSSR count). The number of hydrogen-bond donors (Lipinski definition) is 0. The number of benzene rings is 2. The first-order chi connectivity index (χ1) is 12.0. The largest absolute Gasteiger partial charge is 0.367 e. The van der Waals surface area contributed by atoms with Gasteiger partial charge in [0.1, 0.15) is 5.82 Å². The van der Waals surface area contributed by atoms with Gasteiger partial charge in [0, 0.05) is 31.1 Å². The Morgan fingerprint density at radius 3 is 2.44 bits per heavy atom. The zero-order valence-electron chi connectivity index (χ0n) is 13.4. The molecule has 0 unspecified atom stereocenters. The molecule has 2 aromatic rings. The first-order valence-corrected chi connectivity index (χ1v) is 9.64. The van der Waals surface area contributed by atoms with E-state index in [9.17, 15) is 9.18 Å². The molecule has 0 N–H and O–H groups in total. The van der Waals surface area contributed by atoms with Gasteiger partial charge in [-0.25, -0.2) is 4.39 Å².